The zero-order valence-electron chi connectivity index (χ0n) is 8.65. The van der Waals surface area contributed by atoms with Gasteiger partial charge in [0.05, 0.1) is 10.9 Å². The number of aromatic amines is 1. The van der Waals surface area contributed by atoms with Crippen LogP contribution in [0.3, 0.4) is 0 Å². The van der Waals surface area contributed by atoms with Gasteiger partial charge in [0.25, 0.3) is 5.56 Å². The Bertz CT molecular complexity index is 616. The van der Waals surface area contributed by atoms with Crippen molar-refractivity contribution in [3.8, 4) is 0 Å². The number of aromatic nitrogens is 2. The Hall–Kier alpha value is -2.17. The minimum absolute atomic E-state index is 0.328. The summed E-state index contributed by atoms with van der Waals surface area (Å²) >= 11 is 0. The van der Waals surface area contributed by atoms with E-state index in [4.69, 9.17) is 5.11 Å². The number of fused-ring (bicyclic) bond motifs is 1. The van der Waals surface area contributed by atoms with E-state index < -0.39 is 11.5 Å². The number of carboxylic acid groups (broad SMARTS) is 1. The molecule has 0 aliphatic carbocycles. The van der Waals surface area contributed by atoms with E-state index in [2.05, 4.69) is 9.97 Å². The molecule has 0 bridgehead atoms. The van der Waals surface area contributed by atoms with Gasteiger partial charge >= 0.3 is 5.97 Å². The normalized spacial score (nSPS) is 10.6. The molecule has 0 saturated heterocycles. The molecule has 0 atom stereocenters. The molecule has 2 N–H and O–H groups in total. The number of H-pyrrole nitrogens is 1. The van der Waals surface area contributed by atoms with Gasteiger partial charge < -0.3 is 10.1 Å². The zero-order valence-corrected chi connectivity index (χ0v) is 8.65. The molecule has 0 aliphatic rings. The van der Waals surface area contributed by atoms with Crippen LogP contribution in [0.5, 0.6) is 0 Å². The van der Waals surface area contributed by atoms with Crippen molar-refractivity contribution in [1.29, 1.82) is 0 Å². The van der Waals surface area contributed by atoms with Crippen LogP contribution < -0.4 is 5.56 Å². The van der Waals surface area contributed by atoms with Gasteiger partial charge in [-0.2, -0.15) is 0 Å². The highest BCUT2D eigenvalue weighted by Crippen LogP contribution is 2.13. The first kappa shape index (κ1) is 10.4. The molecule has 0 unspecified atom stereocenters. The molecule has 5 nitrogen and oxygen atoms in total. The van der Waals surface area contributed by atoms with Crippen molar-refractivity contribution in [2.45, 2.75) is 13.3 Å². The van der Waals surface area contributed by atoms with E-state index in [0.29, 0.717) is 17.3 Å². The molecule has 1 heterocycles. The van der Waals surface area contributed by atoms with Gasteiger partial charge in [0.15, 0.2) is 0 Å². The minimum atomic E-state index is -1.24. The third kappa shape index (κ3) is 1.56. The van der Waals surface area contributed by atoms with Gasteiger partial charge in [0.1, 0.15) is 0 Å². The third-order valence-electron chi connectivity index (χ3n) is 2.40. The molecular formula is C11H10N2O3. The van der Waals surface area contributed by atoms with Crippen LogP contribution in [0.15, 0.2) is 23.0 Å². The van der Waals surface area contributed by atoms with Gasteiger partial charge in [-0.3, -0.25) is 4.79 Å². The van der Waals surface area contributed by atoms with Gasteiger partial charge in [-0.05, 0) is 18.1 Å². The second-order valence-electron chi connectivity index (χ2n) is 3.38. The van der Waals surface area contributed by atoms with Gasteiger partial charge in [-0.15, -0.1) is 0 Å². The van der Waals surface area contributed by atoms with Gasteiger partial charge in [0.2, 0.25) is 5.82 Å². The van der Waals surface area contributed by atoms with Gasteiger partial charge in [0, 0.05) is 0 Å². The molecule has 5 heteroatoms. The predicted octanol–water partition coefficient (Wildman–Crippen LogP) is 1.18. The van der Waals surface area contributed by atoms with E-state index in [-0.39, 0.29) is 5.82 Å². The third-order valence-corrected chi connectivity index (χ3v) is 2.40. The molecule has 0 spiro atoms. The van der Waals surface area contributed by atoms with Crippen molar-refractivity contribution < 1.29 is 9.90 Å². The molecule has 1 aromatic heterocycles. The number of nitrogens with zero attached hydrogens (tertiary/aromatic N) is 1. The molecule has 0 saturated carbocycles. The largest absolute Gasteiger partial charge is 0.475 e. The Morgan fingerprint density at radius 1 is 1.50 bits per heavy atom. The predicted molar refractivity (Wildman–Crippen MR) is 58.7 cm³/mol. The van der Waals surface area contributed by atoms with Crippen molar-refractivity contribution in [2.24, 2.45) is 0 Å². The Labute approximate surface area is 90.8 Å². The van der Waals surface area contributed by atoms with Gasteiger partial charge in [-0.1, -0.05) is 19.1 Å². The summed E-state index contributed by atoms with van der Waals surface area (Å²) in [6, 6.07) is 5.23. The van der Waals surface area contributed by atoms with Crippen LogP contribution in [0.4, 0.5) is 0 Å². The lowest BCUT2D eigenvalue weighted by Gasteiger charge is -2.03. The summed E-state index contributed by atoms with van der Waals surface area (Å²) in [7, 11) is 0. The number of rotatable bonds is 2. The number of hydrogen-bond acceptors (Lipinski definition) is 3. The first-order valence-electron chi connectivity index (χ1n) is 4.88. The SMILES string of the molecule is CCc1cccc2nc(C(=O)O)[nH]c(=O)c12. The summed E-state index contributed by atoms with van der Waals surface area (Å²) in [5, 5.41) is 9.23. The molecule has 2 aromatic rings. The zero-order chi connectivity index (χ0) is 11.7. The van der Waals surface area contributed by atoms with Crippen molar-refractivity contribution in [1.82, 2.24) is 9.97 Å². The standard InChI is InChI=1S/C11H10N2O3/c1-2-6-4-3-5-7-8(6)10(14)13-9(12-7)11(15)16/h3-5H,2H2,1H3,(H,15,16)(H,12,13,14). The van der Waals surface area contributed by atoms with Crippen LogP contribution in [0.25, 0.3) is 10.9 Å². The highest BCUT2D eigenvalue weighted by atomic mass is 16.4. The van der Waals surface area contributed by atoms with E-state index in [1.807, 2.05) is 13.0 Å². The number of nitrogens with one attached hydrogen (secondary N) is 1. The number of carboxylic acids is 1. The highest BCUT2D eigenvalue weighted by Gasteiger charge is 2.11. The van der Waals surface area contributed by atoms with Crippen LogP contribution >= 0.6 is 0 Å². The van der Waals surface area contributed by atoms with E-state index in [1.54, 1.807) is 12.1 Å². The second-order valence-corrected chi connectivity index (χ2v) is 3.38. The molecule has 0 aliphatic heterocycles. The topological polar surface area (TPSA) is 83.0 Å². The van der Waals surface area contributed by atoms with E-state index >= 15 is 0 Å². The van der Waals surface area contributed by atoms with Crippen LogP contribution in [0, 0.1) is 0 Å². The summed E-state index contributed by atoms with van der Waals surface area (Å²) in [5.41, 5.74) is 0.878. The first-order chi connectivity index (χ1) is 7.63. The molecule has 2 rings (SSSR count). The molecule has 1 aromatic carbocycles. The summed E-state index contributed by atoms with van der Waals surface area (Å²) < 4.78 is 0. The van der Waals surface area contributed by atoms with E-state index in [9.17, 15) is 9.59 Å². The number of aromatic carboxylic acids is 1. The van der Waals surface area contributed by atoms with Crippen molar-refractivity contribution in [2.75, 3.05) is 0 Å². The fraction of sp³-hybridized carbons (Fsp3) is 0.182. The highest BCUT2D eigenvalue weighted by molar-refractivity contribution is 5.88. The molecule has 0 radical (unpaired) electrons. The Morgan fingerprint density at radius 3 is 2.88 bits per heavy atom. The van der Waals surface area contributed by atoms with Crippen LogP contribution in [0.2, 0.25) is 0 Å². The molecule has 0 amide bonds. The van der Waals surface area contributed by atoms with E-state index in [0.717, 1.165) is 5.56 Å². The maximum atomic E-state index is 11.7. The maximum Gasteiger partial charge on any atom is 0.372 e. The summed E-state index contributed by atoms with van der Waals surface area (Å²) in [6.45, 7) is 1.93. The number of carbonyl (C=O) groups is 1. The first-order valence-corrected chi connectivity index (χ1v) is 4.88. The molecular weight excluding hydrogens is 208 g/mol. The van der Waals surface area contributed by atoms with Crippen molar-refractivity contribution in [3.63, 3.8) is 0 Å². The lowest BCUT2D eigenvalue weighted by atomic mass is 10.1. The Kier molecular flexibility index (Phi) is 2.44. The second kappa shape index (κ2) is 3.77. The number of hydrogen-bond donors (Lipinski definition) is 2. The lowest BCUT2D eigenvalue weighted by Crippen LogP contribution is -2.16. The summed E-state index contributed by atoms with van der Waals surface area (Å²) in [5.74, 6) is -1.56. The Balaban J connectivity index is 2.86. The monoisotopic (exact) mass is 218 g/mol. The number of aryl methyl sites for hydroxylation is 1. The van der Waals surface area contributed by atoms with Crippen LogP contribution in [-0.2, 0) is 6.42 Å². The molecule has 0 fully saturated rings. The summed E-state index contributed by atoms with van der Waals surface area (Å²) in [6.07, 6.45) is 0.703. The quantitative estimate of drug-likeness (QED) is 0.792. The fourth-order valence-electron chi connectivity index (χ4n) is 1.66. The van der Waals surface area contributed by atoms with Crippen LogP contribution in [0.1, 0.15) is 23.1 Å². The molecule has 82 valence electrons. The maximum absolute atomic E-state index is 11.7. The van der Waals surface area contributed by atoms with Crippen molar-refractivity contribution in [3.05, 3.63) is 39.9 Å². The molecule has 16 heavy (non-hydrogen) atoms. The number of benzene rings is 1. The van der Waals surface area contributed by atoms with Crippen LogP contribution in [-0.4, -0.2) is 21.0 Å². The Morgan fingerprint density at radius 2 is 2.25 bits per heavy atom. The minimum Gasteiger partial charge on any atom is -0.475 e. The van der Waals surface area contributed by atoms with Gasteiger partial charge in [-0.25, -0.2) is 9.78 Å². The fourth-order valence-corrected chi connectivity index (χ4v) is 1.66. The average Bonchev–Trinajstić information content (AvgIpc) is 2.27. The lowest BCUT2D eigenvalue weighted by molar-refractivity contribution is 0.0683. The average molecular weight is 218 g/mol. The van der Waals surface area contributed by atoms with E-state index in [1.165, 1.54) is 0 Å². The van der Waals surface area contributed by atoms with Crippen molar-refractivity contribution >= 4 is 16.9 Å². The smallest absolute Gasteiger partial charge is 0.372 e. The summed E-state index contributed by atoms with van der Waals surface area (Å²) in [4.78, 5) is 28.6.